The number of ether oxygens (including phenoxy) is 2. The van der Waals surface area contributed by atoms with Crippen molar-refractivity contribution in [3.8, 4) is 5.75 Å². The van der Waals surface area contributed by atoms with E-state index in [2.05, 4.69) is 41.2 Å². The molecule has 180 valence electrons. The topological polar surface area (TPSA) is 69.6 Å². The first-order valence-electron chi connectivity index (χ1n) is 11.8. The minimum atomic E-state index is -0.385. The molecule has 1 amide bonds. The Morgan fingerprint density at radius 3 is 2.56 bits per heavy atom. The van der Waals surface area contributed by atoms with Gasteiger partial charge in [-0.25, -0.2) is 4.79 Å². The van der Waals surface area contributed by atoms with Crippen LogP contribution in [0.3, 0.4) is 0 Å². The van der Waals surface area contributed by atoms with Crippen LogP contribution >= 0.6 is 0 Å². The van der Waals surface area contributed by atoms with Crippen molar-refractivity contribution in [2.45, 2.75) is 46.1 Å². The summed E-state index contributed by atoms with van der Waals surface area (Å²) in [5.74, 6) is 0.314. The Labute approximate surface area is 201 Å². The summed E-state index contributed by atoms with van der Waals surface area (Å²) in [6.45, 7) is 5.84. The molecule has 3 rings (SSSR count). The predicted octanol–water partition coefficient (Wildman–Crippen LogP) is 5.37. The molecule has 1 N–H and O–H groups in total. The Bertz CT molecular complexity index is 1180. The molecule has 0 spiro atoms. The second-order valence-electron chi connectivity index (χ2n) is 8.28. The number of methoxy groups -OCH3 is 2. The Kier molecular flexibility index (Phi) is 8.91. The van der Waals surface area contributed by atoms with E-state index in [0.29, 0.717) is 30.7 Å². The maximum absolute atomic E-state index is 11.9. The van der Waals surface area contributed by atoms with E-state index in [1.54, 1.807) is 19.2 Å². The van der Waals surface area contributed by atoms with E-state index in [1.807, 2.05) is 25.1 Å². The average Bonchev–Trinajstić information content (AvgIpc) is 3.19. The van der Waals surface area contributed by atoms with Crippen molar-refractivity contribution in [3.63, 3.8) is 0 Å². The highest BCUT2D eigenvalue weighted by Gasteiger charge is 2.14. The van der Waals surface area contributed by atoms with Gasteiger partial charge < -0.3 is 19.4 Å². The quantitative estimate of drug-likeness (QED) is 0.389. The van der Waals surface area contributed by atoms with Crippen LogP contribution in [-0.4, -0.2) is 37.2 Å². The molecule has 34 heavy (non-hydrogen) atoms. The summed E-state index contributed by atoms with van der Waals surface area (Å²) < 4.78 is 12.7. The molecule has 0 saturated heterocycles. The molecular weight excluding hydrogens is 428 g/mol. The Morgan fingerprint density at radius 1 is 1.03 bits per heavy atom. The highest BCUT2D eigenvalue weighted by Crippen LogP contribution is 2.30. The number of hydrogen-bond acceptors (Lipinski definition) is 4. The molecule has 0 radical (unpaired) electrons. The van der Waals surface area contributed by atoms with Crippen molar-refractivity contribution in [2.24, 2.45) is 0 Å². The lowest BCUT2D eigenvalue weighted by atomic mass is 10.0. The number of amides is 1. The summed E-state index contributed by atoms with van der Waals surface area (Å²) in [5.41, 5.74) is 4.88. The molecule has 6 heteroatoms. The van der Waals surface area contributed by atoms with Crippen molar-refractivity contribution >= 4 is 28.9 Å². The van der Waals surface area contributed by atoms with E-state index >= 15 is 0 Å². The van der Waals surface area contributed by atoms with E-state index in [4.69, 9.17) is 9.47 Å². The largest absolute Gasteiger partial charge is 0.496 e. The first kappa shape index (κ1) is 25.1. The minimum absolute atomic E-state index is 0.0384. The van der Waals surface area contributed by atoms with Crippen LogP contribution in [0.15, 0.2) is 48.7 Å². The molecular formula is C28H34N2O4. The lowest BCUT2D eigenvalue weighted by molar-refractivity contribution is -0.120. The van der Waals surface area contributed by atoms with Gasteiger partial charge in [-0.2, -0.15) is 0 Å². The van der Waals surface area contributed by atoms with Crippen molar-refractivity contribution in [1.29, 1.82) is 0 Å². The molecule has 0 unspecified atom stereocenters. The van der Waals surface area contributed by atoms with Gasteiger partial charge in [0.15, 0.2) is 0 Å². The SMILES string of the molecule is CCCNC(=O)CC=Cc1ccc2c(c1)c(Cc1ccc(C(=O)OC)cc1OC)cn2CCC. The van der Waals surface area contributed by atoms with Gasteiger partial charge in [0.2, 0.25) is 5.91 Å². The average molecular weight is 463 g/mol. The van der Waals surface area contributed by atoms with E-state index in [-0.39, 0.29) is 11.9 Å². The smallest absolute Gasteiger partial charge is 0.337 e. The maximum Gasteiger partial charge on any atom is 0.337 e. The number of aryl methyl sites for hydroxylation is 1. The number of hydrogen-bond donors (Lipinski definition) is 1. The fraction of sp³-hybridized carbons (Fsp3) is 0.357. The van der Waals surface area contributed by atoms with Crippen LogP contribution in [0.25, 0.3) is 17.0 Å². The summed E-state index contributed by atoms with van der Waals surface area (Å²) in [6, 6.07) is 11.8. The van der Waals surface area contributed by atoms with Crippen molar-refractivity contribution in [1.82, 2.24) is 9.88 Å². The molecule has 0 saturated carbocycles. The van der Waals surface area contributed by atoms with Crippen LogP contribution in [0.4, 0.5) is 0 Å². The van der Waals surface area contributed by atoms with Crippen LogP contribution in [0.1, 0.15) is 60.2 Å². The Balaban J connectivity index is 1.91. The molecule has 0 aliphatic heterocycles. The van der Waals surface area contributed by atoms with Crippen LogP contribution < -0.4 is 10.1 Å². The molecule has 3 aromatic rings. The van der Waals surface area contributed by atoms with E-state index in [1.165, 1.54) is 23.6 Å². The first-order chi connectivity index (χ1) is 16.5. The fourth-order valence-electron chi connectivity index (χ4n) is 4.04. The number of aromatic nitrogens is 1. The van der Waals surface area contributed by atoms with E-state index < -0.39 is 0 Å². The number of carbonyl (C=O) groups is 2. The van der Waals surface area contributed by atoms with Crippen molar-refractivity contribution in [2.75, 3.05) is 20.8 Å². The van der Waals surface area contributed by atoms with Crippen molar-refractivity contribution < 1.29 is 19.1 Å². The summed E-state index contributed by atoms with van der Waals surface area (Å²) in [6.07, 6.45) is 9.11. The van der Waals surface area contributed by atoms with Gasteiger partial charge in [-0.05, 0) is 53.8 Å². The number of rotatable bonds is 11. The summed E-state index contributed by atoms with van der Waals surface area (Å²) >= 11 is 0. The van der Waals surface area contributed by atoms with Gasteiger partial charge in [0.25, 0.3) is 0 Å². The normalized spacial score (nSPS) is 11.2. The van der Waals surface area contributed by atoms with Gasteiger partial charge in [0.05, 0.1) is 19.8 Å². The minimum Gasteiger partial charge on any atom is -0.496 e. The second-order valence-corrected chi connectivity index (χ2v) is 8.28. The zero-order valence-electron chi connectivity index (χ0n) is 20.5. The maximum atomic E-state index is 11.9. The number of nitrogens with one attached hydrogen (secondary N) is 1. The third-order valence-corrected chi connectivity index (χ3v) is 5.73. The lowest BCUT2D eigenvalue weighted by Crippen LogP contribution is -2.22. The van der Waals surface area contributed by atoms with E-state index in [0.717, 1.165) is 30.5 Å². The molecule has 0 aliphatic rings. The molecule has 1 heterocycles. The molecule has 1 aromatic heterocycles. The highest BCUT2D eigenvalue weighted by molar-refractivity contribution is 5.90. The summed E-state index contributed by atoms with van der Waals surface area (Å²) in [7, 11) is 2.98. The van der Waals surface area contributed by atoms with Gasteiger partial charge in [-0.15, -0.1) is 0 Å². The number of nitrogens with zero attached hydrogens (tertiary/aromatic N) is 1. The number of benzene rings is 2. The number of carbonyl (C=O) groups excluding carboxylic acids is 2. The van der Waals surface area contributed by atoms with Crippen LogP contribution in [0.2, 0.25) is 0 Å². The number of esters is 1. The third-order valence-electron chi connectivity index (χ3n) is 5.73. The van der Waals surface area contributed by atoms with Gasteiger partial charge in [-0.3, -0.25) is 4.79 Å². The molecule has 0 bridgehead atoms. The molecule has 0 fully saturated rings. The van der Waals surface area contributed by atoms with Gasteiger partial charge in [0.1, 0.15) is 5.75 Å². The third kappa shape index (κ3) is 6.07. The zero-order valence-corrected chi connectivity index (χ0v) is 20.5. The predicted molar refractivity (Wildman–Crippen MR) is 136 cm³/mol. The monoisotopic (exact) mass is 462 g/mol. The number of fused-ring (bicyclic) bond motifs is 1. The van der Waals surface area contributed by atoms with Crippen LogP contribution in [-0.2, 0) is 22.5 Å². The Morgan fingerprint density at radius 2 is 1.85 bits per heavy atom. The summed E-state index contributed by atoms with van der Waals surface area (Å²) in [5, 5.41) is 4.06. The van der Waals surface area contributed by atoms with Crippen LogP contribution in [0.5, 0.6) is 5.75 Å². The second kappa shape index (κ2) is 12.1. The molecule has 0 atom stereocenters. The summed E-state index contributed by atoms with van der Waals surface area (Å²) in [4.78, 5) is 23.8. The van der Waals surface area contributed by atoms with E-state index in [9.17, 15) is 9.59 Å². The molecule has 2 aromatic carbocycles. The van der Waals surface area contributed by atoms with Gasteiger partial charge in [-0.1, -0.05) is 38.1 Å². The standard InChI is InChI=1S/C28H34N2O4/c1-5-14-29-27(31)9-7-8-20-10-13-25-24(16-20)23(19-30(25)15-6-2)17-21-11-12-22(28(32)34-4)18-26(21)33-3/h7-8,10-13,16,18-19H,5-6,9,14-15,17H2,1-4H3,(H,29,31). The Hall–Kier alpha value is -3.54. The highest BCUT2D eigenvalue weighted by atomic mass is 16.5. The lowest BCUT2D eigenvalue weighted by Gasteiger charge is -2.10. The zero-order chi connectivity index (χ0) is 24.5. The molecule has 0 aliphatic carbocycles. The van der Waals surface area contributed by atoms with Crippen molar-refractivity contribution in [3.05, 3.63) is 70.9 Å². The molecule has 6 nitrogen and oxygen atoms in total. The van der Waals surface area contributed by atoms with Gasteiger partial charge in [0, 0.05) is 43.0 Å². The fourth-order valence-corrected chi connectivity index (χ4v) is 4.04. The van der Waals surface area contributed by atoms with Gasteiger partial charge >= 0.3 is 5.97 Å². The van der Waals surface area contributed by atoms with Crippen LogP contribution in [0, 0.1) is 0 Å². The first-order valence-corrected chi connectivity index (χ1v) is 11.8.